The van der Waals surface area contributed by atoms with Crippen molar-refractivity contribution in [3.05, 3.63) is 27.9 Å². The van der Waals surface area contributed by atoms with E-state index in [-0.39, 0.29) is 24.1 Å². The summed E-state index contributed by atoms with van der Waals surface area (Å²) in [6.45, 7) is 5.00. The lowest BCUT2D eigenvalue weighted by Gasteiger charge is -2.27. The number of rotatable bonds is 6. The van der Waals surface area contributed by atoms with Gasteiger partial charge in [-0.3, -0.25) is 14.9 Å². The Labute approximate surface area is 111 Å². The third-order valence-corrected chi connectivity index (χ3v) is 2.99. The quantitative estimate of drug-likeness (QED) is 0.625. The van der Waals surface area contributed by atoms with E-state index in [9.17, 15) is 14.9 Å². The summed E-state index contributed by atoms with van der Waals surface area (Å²) in [4.78, 5) is 27.0. The van der Waals surface area contributed by atoms with Gasteiger partial charge in [0, 0.05) is 17.8 Å². The van der Waals surface area contributed by atoms with Gasteiger partial charge in [0.05, 0.1) is 4.92 Å². The fourth-order valence-corrected chi connectivity index (χ4v) is 1.78. The van der Waals surface area contributed by atoms with Crippen LogP contribution in [0.4, 0.5) is 11.5 Å². The molecule has 1 aromatic rings. The second-order valence-electron chi connectivity index (χ2n) is 4.34. The lowest BCUT2D eigenvalue weighted by molar-refractivity contribution is -0.384. The maximum Gasteiger partial charge on any atom is 0.323 e. The van der Waals surface area contributed by atoms with Crippen LogP contribution in [0.15, 0.2) is 12.3 Å². The van der Waals surface area contributed by atoms with E-state index in [2.05, 4.69) is 4.98 Å². The molecule has 0 spiro atoms. The first-order valence-electron chi connectivity index (χ1n) is 5.96. The summed E-state index contributed by atoms with van der Waals surface area (Å²) in [7, 11) is 0. The molecule has 1 unspecified atom stereocenters. The molecule has 1 aromatic heterocycles. The smallest absolute Gasteiger partial charge is 0.323 e. The molecule has 1 atom stereocenters. The van der Waals surface area contributed by atoms with E-state index >= 15 is 0 Å². The zero-order valence-electron chi connectivity index (χ0n) is 11.2. The van der Waals surface area contributed by atoms with Crippen LogP contribution in [0.2, 0.25) is 0 Å². The van der Waals surface area contributed by atoms with Crippen molar-refractivity contribution in [3.63, 3.8) is 0 Å². The molecule has 0 fully saturated rings. The van der Waals surface area contributed by atoms with Crippen molar-refractivity contribution < 1.29 is 14.8 Å². The molecule has 7 heteroatoms. The van der Waals surface area contributed by atoms with Gasteiger partial charge in [-0.25, -0.2) is 4.98 Å². The van der Waals surface area contributed by atoms with Gasteiger partial charge in [-0.1, -0.05) is 6.92 Å². The van der Waals surface area contributed by atoms with Crippen molar-refractivity contribution in [2.75, 3.05) is 11.4 Å². The standard InChI is InChI=1S/C12H17N3O4/c1-4-9(3)14(7-10(16)17)12-11(15(18)19)8(2)5-6-13-12/h5-6,9H,4,7H2,1-3H3,(H,16,17). The van der Waals surface area contributed by atoms with Gasteiger partial charge in [0.15, 0.2) is 0 Å². The van der Waals surface area contributed by atoms with Gasteiger partial charge in [0.25, 0.3) is 0 Å². The van der Waals surface area contributed by atoms with Crippen LogP contribution in [0.25, 0.3) is 0 Å². The van der Waals surface area contributed by atoms with Gasteiger partial charge in [0.1, 0.15) is 6.54 Å². The summed E-state index contributed by atoms with van der Waals surface area (Å²) in [6, 6.07) is 1.39. The Balaban J connectivity index is 3.33. The number of aryl methyl sites for hydroxylation is 1. The van der Waals surface area contributed by atoms with Gasteiger partial charge < -0.3 is 10.0 Å². The Morgan fingerprint density at radius 1 is 1.63 bits per heavy atom. The zero-order chi connectivity index (χ0) is 14.6. The van der Waals surface area contributed by atoms with Crippen molar-refractivity contribution in [1.29, 1.82) is 0 Å². The molecule has 0 saturated heterocycles. The highest BCUT2D eigenvalue weighted by molar-refractivity contribution is 5.75. The first-order valence-corrected chi connectivity index (χ1v) is 5.96. The van der Waals surface area contributed by atoms with Crippen LogP contribution in [0.1, 0.15) is 25.8 Å². The van der Waals surface area contributed by atoms with Crippen LogP contribution in [0.5, 0.6) is 0 Å². The van der Waals surface area contributed by atoms with Crippen LogP contribution in [0, 0.1) is 17.0 Å². The molecular formula is C12H17N3O4. The van der Waals surface area contributed by atoms with E-state index in [0.717, 1.165) is 0 Å². The van der Waals surface area contributed by atoms with E-state index in [1.54, 1.807) is 6.92 Å². The highest BCUT2D eigenvalue weighted by Gasteiger charge is 2.27. The third-order valence-electron chi connectivity index (χ3n) is 2.99. The van der Waals surface area contributed by atoms with Crippen LogP contribution in [-0.4, -0.2) is 33.6 Å². The summed E-state index contributed by atoms with van der Waals surface area (Å²) in [6.07, 6.45) is 2.12. The van der Waals surface area contributed by atoms with Crippen molar-refractivity contribution in [2.45, 2.75) is 33.2 Å². The van der Waals surface area contributed by atoms with Gasteiger partial charge >= 0.3 is 11.7 Å². The lowest BCUT2D eigenvalue weighted by Crippen LogP contribution is -2.38. The van der Waals surface area contributed by atoms with Crippen LogP contribution >= 0.6 is 0 Å². The number of nitro groups is 1. The fourth-order valence-electron chi connectivity index (χ4n) is 1.78. The van der Waals surface area contributed by atoms with Crippen LogP contribution in [-0.2, 0) is 4.79 Å². The zero-order valence-corrected chi connectivity index (χ0v) is 11.2. The Bertz CT molecular complexity index is 490. The minimum Gasteiger partial charge on any atom is -0.480 e. The number of hydrogen-bond donors (Lipinski definition) is 1. The maximum atomic E-state index is 11.1. The first-order chi connectivity index (χ1) is 8.88. The van der Waals surface area contributed by atoms with Gasteiger partial charge in [0.2, 0.25) is 5.82 Å². The Morgan fingerprint density at radius 2 is 2.26 bits per heavy atom. The molecule has 7 nitrogen and oxygen atoms in total. The summed E-state index contributed by atoms with van der Waals surface area (Å²) in [5, 5.41) is 20.1. The number of hydrogen-bond acceptors (Lipinski definition) is 5. The molecule has 0 amide bonds. The molecule has 0 saturated carbocycles. The average molecular weight is 267 g/mol. The van der Waals surface area contributed by atoms with Gasteiger partial charge in [-0.15, -0.1) is 0 Å². The second kappa shape index (κ2) is 6.12. The molecule has 0 bridgehead atoms. The number of nitrogens with zero attached hydrogens (tertiary/aromatic N) is 3. The number of carboxylic acid groups (broad SMARTS) is 1. The highest BCUT2D eigenvalue weighted by atomic mass is 16.6. The summed E-state index contributed by atoms with van der Waals surface area (Å²) in [5.74, 6) is -0.931. The number of carboxylic acids is 1. The number of anilines is 1. The van der Waals surface area contributed by atoms with Crippen LogP contribution < -0.4 is 4.90 Å². The number of aromatic nitrogens is 1. The monoisotopic (exact) mass is 267 g/mol. The van der Waals surface area contributed by atoms with E-state index in [4.69, 9.17) is 5.11 Å². The second-order valence-corrected chi connectivity index (χ2v) is 4.34. The predicted molar refractivity (Wildman–Crippen MR) is 70.4 cm³/mol. The topological polar surface area (TPSA) is 96.6 Å². The summed E-state index contributed by atoms with van der Waals surface area (Å²) in [5.41, 5.74) is 0.331. The fraction of sp³-hybridized carbons (Fsp3) is 0.500. The maximum absolute atomic E-state index is 11.1. The molecule has 19 heavy (non-hydrogen) atoms. The predicted octanol–water partition coefficient (Wildman–Crippen LogP) is 1.99. The number of aliphatic carboxylic acids is 1. The van der Waals surface area contributed by atoms with Crippen LogP contribution in [0.3, 0.4) is 0 Å². The van der Waals surface area contributed by atoms with Crippen molar-refractivity contribution in [3.8, 4) is 0 Å². The normalized spacial score (nSPS) is 11.9. The number of carbonyl (C=O) groups is 1. The Kier molecular flexibility index (Phi) is 4.80. The molecule has 104 valence electrons. The van der Waals surface area contributed by atoms with Gasteiger partial charge in [-0.2, -0.15) is 0 Å². The molecule has 1 rings (SSSR count). The minimum atomic E-state index is -1.04. The first kappa shape index (κ1) is 14.9. The van der Waals surface area contributed by atoms with E-state index in [1.165, 1.54) is 17.2 Å². The lowest BCUT2D eigenvalue weighted by atomic mass is 10.1. The average Bonchev–Trinajstić information content (AvgIpc) is 2.34. The van der Waals surface area contributed by atoms with E-state index in [0.29, 0.717) is 12.0 Å². The molecule has 0 aliphatic rings. The summed E-state index contributed by atoms with van der Waals surface area (Å²) >= 11 is 0. The summed E-state index contributed by atoms with van der Waals surface area (Å²) < 4.78 is 0. The molecule has 0 aromatic carbocycles. The largest absolute Gasteiger partial charge is 0.480 e. The van der Waals surface area contributed by atoms with Gasteiger partial charge in [-0.05, 0) is 26.3 Å². The molecule has 0 aliphatic carbocycles. The minimum absolute atomic E-state index is 0.113. The van der Waals surface area contributed by atoms with E-state index < -0.39 is 10.9 Å². The Morgan fingerprint density at radius 3 is 2.74 bits per heavy atom. The molecule has 0 radical (unpaired) electrons. The molecular weight excluding hydrogens is 250 g/mol. The highest BCUT2D eigenvalue weighted by Crippen LogP contribution is 2.30. The molecule has 1 N–H and O–H groups in total. The third kappa shape index (κ3) is 3.40. The van der Waals surface area contributed by atoms with Crippen molar-refractivity contribution >= 4 is 17.5 Å². The SMILES string of the molecule is CCC(C)N(CC(=O)O)c1nccc(C)c1[N+](=O)[O-]. The Hall–Kier alpha value is -2.18. The number of pyridine rings is 1. The van der Waals surface area contributed by atoms with Crippen molar-refractivity contribution in [1.82, 2.24) is 4.98 Å². The van der Waals surface area contributed by atoms with E-state index in [1.807, 2.05) is 13.8 Å². The molecule has 1 heterocycles. The van der Waals surface area contributed by atoms with Crippen molar-refractivity contribution in [2.24, 2.45) is 0 Å². The molecule has 0 aliphatic heterocycles.